The maximum absolute atomic E-state index is 6.82. The van der Waals surface area contributed by atoms with Gasteiger partial charge in [-0.1, -0.05) is 26.0 Å². The fourth-order valence-corrected chi connectivity index (χ4v) is 6.26. The first kappa shape index (κ1) is 19.0. The van der Waals surface area contributed by atoms with Gasteiger partial charge in [0.15, 0.2) is 0 Å². The first-order valence-corrected chi connectivity index (χ1v) is 12.3. The van der Waals surface area contributed by atoms with Crippen molar-refractivity contribution in [1.82, 2.24) is 9.97 Å². The van der Waals surface area contributed by atoms with Crippen molar-refractivity contribution >= 4 is 45.3 Å². The number of hydrogen-bond acceptors (Lipinski definition) is 7. The van der Waals surface area contributed by atoms with E-state index in [0.717, 1.165) is 10.0 Å². The second-order valence-corrected chi connectivity index (χ2v) is 10.1. The lowest BCUT2D eigenvalue weighted by Gasteiger charge is -2.29. The Morgan fingerprint density at radius 3 is 1.52 bits per heavy atom. The first-order chi connectivity index (χ1) is 13.2. The minimum Gasteiger partial charge on any atom is -0.359 e. The van der Waals surface area contributed by atoms with Crippen molar-refractivity contribution in [2.75, 3.05) is 0 Å². The molecule has 4 rings (SSSR count). The van der Waals surface area contributed by atoms with Crippen LogP contribution in [-0.2, 0) is 4.74 Å². The first-order valence-electron chi connectivity index (χ1n) is 8.75. The van der Waals surface area contributed by atoms with Gasteiger partial charge in [-0.2, -0.15) is 0 Å². The van der Waals surface area contributed by atoms with E-state index < -0.39 is 0 Å². The van der Waals surface area contributed by atoms with Crippen molar-refractivity contribution in [3.63, 3.8) is 0 Å². The molecule has 0 amide bonds. The molecule has 4 aromatic rings. The van der Waals surface area contributed by atoms with Gasteiger partial charge in [0.05, 0.1) is 0 Å². The molecule has 0 aromatic carbocycles. The molecule has 0 radical (unpaired) electrons. The smallest absolute Gasteiger partial charge is 0.122 e. The molecule has 140 valence electrons. The SMILES string of the molecule is CC(c1cccs1)C(OC(c1nccs1)C(C)c1cccs1)c1nccs1. The summed E-state index contributed by atoms with van der Waals surface area (Å²) in [5.74, 6) is 0.461. The van der Waals surface area contributed by atoms with Crippen LogP contribution < -0.4 is 0 Å². The summed E-state index contributed by atoms with van der Waals surface area (Å²) in [6, 6.07) is 8.56. The quantitative estimate of drug-likeness (QED) is 0.297. The van der Waals surface area contributed by atoms with Gasteiger partial charge in [0.2, 0.25) is 0 Å². The zero-order valence-electron chi connectivity index (χ0n) is 15.0. The number of thiazole rings is 2. The van der Waals surface area contributed by atoms with Gasteiger partial charge in [-0.25, -0.2) is 9.97 Å². The predicted octanol–water partition coefficient (Wildman–Crippen LogP) is 7.13. The Balaban J connectivity index is 1.68. The van der Waals surface area contributed by atoms with Crippen LogP contribution in [0.5, 0.6) is 0 Å². The Kier molecular flexibility index (Phi) is 6.14. The molecule has 4 unspecified atom stereocenters. The van der Waals surface area contributed by atoms with Gasteiger partial charge in [-0.3, -0.25) is 0 Å². The van der Waals surface area contributed by atoms with E-state index >= 15 is 0 Å². The summed E-state index contributed by atoms with van der Waals surface area (Å²) in [5.41, 5.74) is 0. The molecule has 4 aromatic heterocycles. The van der Waals surface area contributed by atoms with Crippen LogP contribution in [0.25, 0.3) is 0 Å². The van der Waals surface area contributed by atoms with Gasteiger partial charge < -0.3 is 4.74 Å². The fourth-order valence-electron chi connectivity index (χ4n) is 3.09. The Labute approximate surface area is 175 Å². The summed E-state index contributed by atoms with van der Waals surface area (Å²) in [6.45, 7) is 4.46. The van der Waals surface area contributed by atoms with Crippen LogP contribution >= 0.6 is 45.3 Å². The van der Waals surface area contributed by atoms with Crippen molar-refractivity contribution in [2.24, 2.45) is 0 Å². The topological polar surface area (TPSA) is 35.0 Å². The molecule has 7 heteroatoms. The van der Waals surface area contributed by atoms with E-state index in [1.165, 1.54) is 9.75 Å². The standard InChI is InChI=1S/C20H20N2OS4/c1-13(15-5-3-9-24-15)17(19-21-7-11-26-19)23-18(20-22-8-12-27-20)14(2)16-6-4-10-25-16/h3-14,17-18H,1-2H3. The van der Waals surface area contributed by atoms with Crippen LogP contribution in [0.4, 0.5) is 0 Å². The van der Waals surface area contributed by atoms with Crippen molar-refractivity contribution in [2.45, 2.75) is 37.9 Å². The number of thiophene rings is 2. The summed E-state index contributed by atoms with van der Waals surface area (Å²) < 4.78 is 6.82. The molecule has 0 aliphatic carbocycles. The predicted molar refractivity (Wildman–Crippen MR) is 116 cm³/mol. The van der Waals surface area contributed by atoms with E-state index in [0.29, 0.717) is 0 Å². The number of rotatable bonds is 8. The van der Waals surface area contributed by atoms with E-state index in [9.17, 15) is 0 Å². The lowest BCUT2D eigenvalue weighted by Crippen LogP contribution is -2.19. The third kappa shape index (κ3) is 4.22. The van der Waals surface area contributed by atoms with Crippen LogP contribution in [-0.4, -0.2) is 9.97 Å². The second-order valence-electron chi connectivity index (χ2n) is 6.33. The molecule has 0 bridgehead atoms. The minimum atomic E-state index is -0.0973. The average Bonchev–Trinajstić information content (AvgIpc) is 3.50. The van der Waals surface area contributed by atoms with E-state index in [-0.39, 0.29) is 24.0 Å². The third-order valence-electron chi connectivity index (χ3n) is 4.58. The molecular formula is C20H20N2OS4. The summed E-state index contributed by atoms with van der Waals surface area (Å²) in [7, 11) is 0. The maximum atomic E-state index is 6.82. The molecular weight excluding hydrogens is 413 g/mol. The summed E-state index contributed by atoms with van der Waals surface area (Å²) in [5, 5.41) is 10.3. The number of nitrogens with zero attached hydrogens (tertiary/aromatic N) is 2. The van der Waals surface area contributed by atoms with Gasteiger partial charge in [-0.15, -0.1) is 45.3 Å². The van der Waals surface area contributed by atoms with Gasteiger partial charge in [0.1, 0.15) is 22.2 Å². The van der Waals surface area contributed by atoms with Crippen molar-refractivity contribution in [3.05, 3.63) is 77.9 Å². The molecule has 0 aliphatic heterocycles. The normalized spacial score (nSPS) is 16.1. The van der Waals surface area contributed by atoms with Crippen LogP contribution in [0.15, 0.2) is 58.2 Å². The zero-order valence-corrected chi connectivity index (χ0v) is 18.3. The summed E-state index contributed by atoms with van der Waals surface area (Å²) in [4.78, 5) is 11.8. The largest absolute Gasteiger partial charge is 0.359 e. The Morgan fingerprint density at radius 1 is 0.704 bits per heavy atom. The lowest BCUT2D eigenvalue weighted by atomic mass is 10.00. The molecule has 0 saturated heterocycles. The van der Waals surface area contributed by atoms with Gasteiger partial charge in [-0.05, 0) is 22.9 Å². The Hall–Kier alpha value is -1.38. The van der Waals surface area contributed by atoms with E-state index in [1.807, 2.05) is 23.2 Å². The second kappa shape index (κ2) is 8.75. The van der Waals surface area contributed by atoms with Gasteiger partial charge >= 0.3 is 0 Å². The monoisotopic (exact) mass is 432 g/mol. The number of hydrogen-bond donors (Lipinski definition) is 0. The number of ether oxygens (including phenoxy) is 1. The Morgan fingerprint density at radius 2 is 1.19 bits per heavy atom. The molecule has 0 fully saturated rings. The van der Waals surface area contributed by atoms with Crippen LogP contribution in [0.3, 0.4) is 0 Å². The molecule has 27 heavy (non-hydrogen) atoms. The highest BCUT2D eigenvalue weighted by Gasteiger charge is 2.33. The van der Waals surface area contributed by atoms with E-state index in [1.54, 1.807) is 45.3 Å². The van der Waals surface area contributed by atoms with Gasteiger partial charge in [0, 0.05) is 44.7 Å². The molecule has 0 aliphatic rings. The molecule has 0 spiro atoms. The molecule has 0 N–H and O–H groups in total. The Bertz CT molecular complexity index is 825. The molecule has 3 nitrogen and oxygen atoms in total. The van der Waals surface area contributed by atoms with Crippen molar-refractivity contribution in [3.8, 4) is 0 Å². The van der Waals surface area contributed by atoms with Crippen molar-refractivity contribution in [1.29, 1.82) is 0 Å². The van der Waals surface area contributed by atoms with E-state index in [2.05, 4.69) is 58.8 Å². The third-order valence-corrected chi connectivity index (χ3v) is 8.40. The van der Waals surface area contributed by atoms with Gasteiger partial charge in [0.25, 0.3) is 0 Å². The number of aromatic nitrogens is 2. The maximum Gasteiger partial charge on any atom is 0.122 e. The highest BCUT2D eigenvalue weighted by Crippen LogP contribution is 2.45. The fraction of sp³-hybridized carbons (Fsp3) is 0.300. The molecule has 4 atom stereocenters. The highest BCUT2D eigenvalue weighted by atomic mass is 32.1. The minimum absolute atomic E-state index is 0.0973. The zero-order chi connectivity index (χ0) is 18.6. The van der Waals surface area contributed by atoms with Crippen molar-refractivity contribution < 1.29 is 4.74 Å². The van der Waals surface area contributed by atoms with E-state index in [4.69, 9.17) is 4.74 Å². The lowest BCUT2D eigenvalue weighted by molar-refractivity contribution is -0.0380. The summed E-state index contributed by atoms with van der Waals surface area (Å²) >= 11 is 6.86. The summed E-state index contributed by atoms with van der Waals surface area (Å²) in [6.07, 6.45) is 3.52. The highest BCUT2D eigenvalue weighted by molar-refractivity contribution is 7.11. The van der Waals surface area contributed by atoms with Crippen LogP contribution in [0.1, 0.15) is 57.7 Å². The molecule has 4 heterocycles. The average molecular weight is 433 g/mol. The van der Waals surface area contributed by atoms with Crippen LogP contribution in [0, 0.1) is 0 Å². The van der Waals surface area contributed by atoms with Crippen LogP contribution in [0.2, 0.25) is 0 Å². The molecule has 0 saturated carbocycles.